The first-order chi connectivity index (χ1) is 6.68. The summed E-state index contributed by atoms with van der Waals surface area (Å²) in [6, 6.07) is 0. The van der Waals surface area contributed by atoms with Crippen LogP contribution in [0, 0.1) is 0 Å². The molecule has 0 heterocycles. The molecule has 0 unspecified atom stereocenters. The molecule has 0 aromatic heterocycles. The molecule has 0 aromatic carbocycles. The van der Waals surface area contributed by atoms with Gasteiger partial charge in [0.25, 0.3) is 0 Å². The van der Waals surface area contributed by atoms with Crippen LogP contribution in [0.5, 0.6) is 0 Å². The average molecular weight is 200 g/mol. The molecule has 0 saturated heterocycles. The van der Waals surface area contributed by atoms with Crippen LogP contribution in [-0.4, -0.2) is 11.1 Å². The van der Waals surface area contributed by atoms with E-state index >= 15 is 0 Å². The SMILES string of the molecule is C=CC.CCCCCCCCC(=O)O. The molecule has 2 nitrogen and oxygen atoms in total. The maximum Gasteiger partial charge on any atom is 0.303 e. The van der Waals surface area contributed by atoms with Crippen molar-refractivity contribution < 1.29 is 9.90 Å². The third kappa shape index (κ3) is 22.5. The van der Waals surface area contributed by atoms with Gasteiger partial charge in [0.1, 0.15) is 0 Å². The van der Waals surface area contributed by atoms with Crippen LogP contribution in [0.25, 0.3) is 0 Å². The third-order valence-corrected chi connectivity index (χ3v) is 1.74. The third-order valence-electron chi connectivity index (χ3n) is 1.74. The van der Waals surface area contributed by atoms with Crippen LogP contribution in [0.1, 0.15) is 58.8 Å². The fourth-order valence-electron chi connectivity index (χ4n) is 1.06. The van der Waals surface area contributed by atoms with Crippen LogP contribution in [0.15, 0.2) is 12.7 Å². The van der Waals surface area contributed by atoms with E-state index in [0.29, 0.717) is 6.42 Å². The standard InChI is InChI=1S/C9H18O2.C3H6/c1-2-3-4-5-6-7-8-9(10)11;1-3-2/h2-8H2,1H3,(H,10,11);3H,1H2,2H3. The quantitative estimate of drug-likeness (QED) is 0.498. The zero-order chi connectivity index (χ0) is 11.2. The molecular formula is C12H24O2. The Morgan fingerprint density at radius 1 is 1.21 bits per heavy atom. The van der Waals surface area contributed by atoms with Crippen LogP contribution in [0.2, 0.25) is 0 Å². The topological polar surface area (TPSA) is 37.3 Å². The lowest BCUT2D eigenvalue weighted by Crippen LogP contribution is -1.93. The van der Waals surface area contributed by atoms with Crippen molar-refractivity contribution in [1.29, 1.82) is 0 Å². The summed E-state index contributed by atoms with van der Waals surface area (Å²) >= 11 is 0. The van der Waals surface area contributed by atoms with Gasteiger partial charge in [-0.15, -0.1) is 6.58 Å². The highest BCUT2D eigenvalue weighted by atomic mass is 16.4. The van der Waals surface area contributed by atoms with Gasteiger partial charge in [-0.1, -0.05) is 45.1 Å². The second-order valence-corrected chi connectivity index (χ2v) is 3.32. The molecule has 0 rings (SSSR count). The normalized spacial score (nSPS) is 8.71. The lowest BCUT2D eigenvalue weighted by molar-refractivity contribution is -0.137. The van der Waals surface area contributed by atoms with Crippen molar-refractivity contribution in [3.8, 4) is 0 Å². The van der Waals surface area contributed by atoms with Crippen LogP contribution < -0.4 is 0 Å². The van der Waals surface area contributed by atoms with Gasteiger partial charge in [-0.25, -0.2) is 0 Å². The van der Waals surface area contributed by atoms with Crippen LogP contribution >= 0.6 is 0 Å². The Morgan fingerprint density at radius 2 is 1.64 bits per heavy atom. The number of rotatable bonds is 7. The van der Waals surface area contributed by atoms with Gasteiger partial charge in [0.15, 0.2) is 0 Å². The van der Waals surface area contributed by atoms with Crippen LogP contribution in [-0.2, 0) is 4.79 Å². The molecule has 0 saturated carbocycles. The van der Waals surface area contributed by atoms with E-state index in [1.165, 1.54) is 25.7 Å². The second-order valence-electron chi connectivity index (χ2n) is 3.32. The van der Waals surface area contributed by atoms with E-state index < -0.39 is 5.97 Å². The van der Waals surface area contributed by atoms with E-state index in [1.54, 1.807) is 6.08 Å². The van der Waals surface area contributed by atoms with Gasteiger partial charge in [-0.3, -0.25) is 4.79 Å². The summed E-state index contributed by atoms with van der Waals surface area (Å²) in [5.41, 5.74) is 0. The highest BCUT2D eigenvalue weighted by Gasteiger charge is 1.95. The minimum atomic E-state index is -0.666. The highest BCUT2D eigenvalue weighted by Crippen LogP contribution is 2.06. The lowest BCUT2D eigenvalue weighted by atomic mass is 10.1. The summed E-state index contributed by atoms with van der Waals surface area (Å²) in [6.07, 6.45) is 9.00. The highest BCUT2D eigenvalue weighted by molar-refractivity contribution is 5.66. The summed E-state index contributed by atoms with van der Waals surface area (Å²) in [4.78, 5) is 10.1. The number of unbranched alkanes of at least 4 members (excludes halogenated alkanes) is 5. The first kappa shape index (κ1) is 15.7. The molecule has 2 heteroatoms. The van der Waals surface area contributed by atoms with Crippen LogP contribution in [0.3, 0.4) is 0 Å². The molecule has 84 valence electrons. The Bertz CT molecular complexity index is 130. The van der Waals surface area contributed by atoms with Crippen molar-refractivity contribution in [2.75, 3.05) is 0 Å². The van der Waals surface area contributed by atoms with Crippen LogP contribution in [0.4, 0.5) is 0 Å². The Morgan fingerprint density at radius 3 is 2.07 bits per heavy atom. The summed E-state index contributed by atoms with van der Waals surface area (Å²) in [5.74, 6) is -0.666. The van der Waals surface area contributed by atoms with E-state index in [-0.39, 0.29) is 0 Å². The van der Waals surface area contributed by atoms with E-state index in [2.05, 4.69) is 13.5 Å². The van der Waals surface area contributed by atoms with Crippen molar-refractivity contribution in [3.63, 3.8) is 0 Å². The largest absolute Gasteiger partial charge is 0.481 e. The molecule has 1 N–H and O–H groups in total. The summed E-state index contributed by atoms with van der Waals surface area (Å²) in [6.45, 7) is 7.43. The number of carboxylic acids is 1. The van der Waals surface area contributed by atoms with E-state index in [0.717, 1.165) is 12.8 Å². The summed E-state index contributed by atoms with van der Waals surface area (Å²) < 4.78 is 0. The molecule has 0 spiro atoms. The minimum Gasteiger partial charge on any atom is -0.481 e. The number of carboxylic acid groups (broad SMARTS) is 1. The van der Waals surface area contributed by atoms with Crippen molar-refractivity contribution in [3.05, 3.63) is 12.7 Å². The molecule has 0 aliphatic rings. The molecule has 0 aliphatic carbocycles. The lowest BCUT2D eigenvalue weighted by Gasteiger charge is -1.97. The number of hydrogen-bond acceptors (Lipinski definition) is 1. The van der Waals surface area contributed by atoms with Crippen molar-refractivity contribution in [2.24, 2.45) is 0 Å². The minimum absolute atomic E-state index is 0.339. The number of allylic oxidation sites excluding steroid dienone is 1. The Labute approximate surface area is 88.0 Å². The molecule has 0 amide bonds. The zero-order valence-corrected chi connectivity index (χ0v) is 9.59. The van der Waals surface area contributed by atoms with Gasteiger partial charge in [-0.2, -0.15) is 0 Å². The number of aliphatic carboxylic acids is 1. The van der Waals surface area contributed by atoms with Gasteiger partial charge in [-0.05, 0) is 13.3 Å². The molecule has 0 bridgehead atoms. The second kappa shape index (κ2) is 14.7. The van der Waals surface area contributed by atoms with E-state index in [4.69, 9.17) is 5.11 Å². The first-order valence-corrected chi connectivity index (χ1v) is 5.47. The van der Waals surface area contributed by atoms with Crippen molar-refractivity contribution >= 4 is 5.97 Å². The van der Waals surface area contributed by atoms with E-state index in [9.17, 15) is 4.79 Å². The number of carbonyl (C=O) groups is 1. The smallest absolute Gasteiger partial charge is 0.303 e. The Kier molecular flexibility index (Phi) is 16.5. The maximum absolute atomic E-state index is 10.1. The fraction of sp³-hybridized carbons (Fsp3) is 0.750. The molecule has 0 aliphatic heterocycles. The Balaban J connectivity index is 0. The molecule has 14 heavy (non-hydrogen) atoms. The summed E-state index contributed by atoms with van der Waals surface area (Å²) in [5, 5.41) is 8.32. The first-order valence-electron chi connectivity index (χ1n) is 5.47. The number of hydrogen-bond donors (Lipinski definition) is 1. The van der Waals surface area contributed by atoms with Gasteiger partial charge in [0.05, 0.1) is 0 Å². The summed E-state index contributed by atoms with van der Waals surface area (Å²) in [7, 11) is 0. The van der Waals surface area contributed by atoms with Gasteiger partial charge in [0, 0.05) is 6.42 Å². The van der Waals surface area contributed by atoms with Gasteiger partial charge in [0.2, 0.25) is 0 Å². The maximum atomic E-state index is 10.1. The van der Waals surface area contributed by atoms with Crippen molar-refractivity contribution in [2.45, 2.75) is 58.8 Å². The molecule has 0 radical (unpaired) electrons. The zero-order valence-electron chi connectivity index (χ0n) is 9.59. The molecule has 0 fully saturated rings. The predicted molar refractivity (Wildman–Crippen MR) is 61.5 cm³/mol. The average Bonchev–Trinajstić information content (AvgIpc) is 2.12. The molecule has 0 aromatic rings. The van der Waals surface area contributed by atoms with Gasteiger partial charge < -0.3 is 5.11 Å². The Hall–Kier alpha value is -0.790. The van der Waals surface area contributed by atoms with Crippen molar-refractivity contribution in [1.82, 2.24) is 0 Å². The fourth-order valence-corrected chi connectivity index (χ4v) is 1.06. The molecule has 0 atom stereocenters. The monoisotopic (exact) mass is 200 g/mol. The molecular weight excluding hydrogens is 176 g/mol. The van der Waals surface area contributed by atoms with Gasteiger partial charge >= 0.3 is 5.97 Å². The predicted octanol–water partition coefficient (Wildman–Crippen LogP) is 4.01. The van der Waals surface area contributed by atoms with E-state index in [1.807, 2.05) is 6.92 Å².